The number of rotatable bonds is 0. The van der Waals surface area contributed by atoms with Crippen molar-refractivity contribution in [3.05, 3.63) is 28.8 Å². The zero-order valence-corrected chi connectivity index (χ0v) is 6.22. The number of nitrogens with one attached hydrogen (secondary N) is 1. The fourth-order valence-electron chi connectivity index (χ4n) is 0.961. The quantitative estimate of drug-likeness (QED) is 0.621. The molecular formula is C7H4ClN2O. The van der Waals surface area contributed by atoms with Crippen molar-refractivity contribution < 1.29 is 4.79 Å². The van der Waals surface area contributed by atoms with Gasteiger partial charge < -0.3 is 0 Å². The molecule has 0 saturated carbocycles. The molecule has 4 heteroatoms. The summed E-state index contributed by atoms with van der Waals surface area (Å²) in [6.07, 6.45) is 0. The highest BCUT2D eigenvalue weighted by atomic mass is 35.5. The Hall–Kier alpha value is -1.22. The van der Waals surface area contributed by atoms with Crippen LogP contribution >= 0.6 is 11.6 Å². The van der Waals surface area contributed by atoms with Crippen LogP contribution in [0.25, 0.3) is 0 Å². The Morgan fingerprint density at radius 1 is 1.45 bits per heavy atom. The lowest BCUT2D eigenvalue weighted by Gasteiger charge is -1.92. The third-order valence-corrected chi connectivity index (χ3v) is 1.72. The second-order valence-corrected chi connectivity index (χ2v) is 2.65. The summed E-state index contributed by atoms with van der Waals surface area (Å²) in [5.74, 6) is -0.170. The topological polar surface area (TPSA) is 43.2 Å². The van der Waals surface area contributed by atoms with Gasteiger partial charge in [-0.1, -0.05) is 11.6 Å². The van der Waals surface area contributed by atoms with Crippen LogP contribution in [-0.2, 0) is 0 Å². The van der Waals surface area contributed by atoms with E-state index in [1.807, 2.05) is 0 Å². The van der Waals surface area contributed by atoms with Crippen LogP contribution in [0.3, 0.4) is 0 Å². The van der Waals surface area contributed by atoms with Gasteiger partial charge in [-0.2, -0.15) is 5.43 Å². The molecule has 0 fully saturated rings. The van der Waals surface area contributed by atoms with Crippen molar-refractivity contribution in [2.75, 3.05) is 0 Å². The van der Waals surface area contributed by atoms with Crippen LogP contribution in [0.2, 0.25) is 5.02 Å². The maximum absolute atomic E-state index is 10.9. The van der Waals surface area contributed by atoms with Crippen LogP contribution in [0.1, 0.15) is 10.4 Å². The largest absolute Gasteiger partial charge is 0.273 e. The molecule has 1 N–H and O–H groups in total. The molecule has 0 aliphatic carbocycles. The smallest absolute Gasteiger partial charge is 0.267 e. The van der Waals surface area contributed by atoms with E-state index in [0.717, 1.165) is 0 Å². The molecule has 0 aromatic heterocycles. The summed E-state index contributed by atoms with van der Waals surface area (Å²) in [5, 5.41) is 0.587. The molecule has 0 saturated heterocycles. The van der Waals surface area contributed by atoms with Gasteiger partial charge in [0.2, 0.25) is 0 Å². The summed E-state index contributed by atoms with van der Waals surface area (Å²) in [6.45, 7) is 0. The zero-order valence-electron chi connectivity index (χ0n) is 5.47. The van der Waals surface area contributed by atoms with E-state index in [4.69, 9.17) is 11.6 Å². The minimum Gasteiger partial charge on any atom is -0.267 e. The van der Waals surface area contributed by atoms with E-state index in [9.17, 15) is 4.79 Å². The Balaban J connectivity index is 2.59. The fourth-order valence-corrected chi connectivity index (χ4v) is 1.13. The van der Waals surface area contributed by atoms with Crippen molar-refractivity contribution in [2.45, 2.75) is 0 Å². The molecule has 1 radical (unpaired) electrons. The SMILES string of the molecule is O=C1N[N]c2cc(Cl)ccc21. The molecule has 3 nitrogen and oxygen atoms in total. The van der Waals surface area contributed by atoms with Crippen LogP contribution in [0.5, 0.6) is 0 Å². The normalized spacial score (nSPS) is 13.7. The Kier molecular flexibility index (Phi) is 1.26. The zero-order chi connectivity index (χ0) is 7.84. The third kappa shape index (κ3) is 0.935. The highest BCUT2D eigenvalue weighted by Gasteiger charge is 2.19. The Morgan fingerprint density at radius 3 is 3.09 bits per heavy atom. The second-order valence-electron chi connectivity index (χ2n) is 2.21. The predicted octanol–water partition coefficient (Wildman–Crippen LogP) is 1.23. The molecule has 0 unspecified atom stereocenters. The van der Waals surface area contributed by atoms with E-state index in [0.29, 0.717) is 16.3 Å². The maximum Gasteiger partial charge on any atom is 0.273 e. The number of nitrogens with zero attached hydrogens (tertiary/aromatic N) is 1. The lowest BCUT2D eigenvalue weighted by Crippen LogP contribution is -2.18. The number of amides is 1. The first-order valence-electron chi connectivity index (χ1n) is 3.08. The molecule has 2 rings (SSSR count). The molecule has 1 amide bonds. The van der Waals surface area contributed by atoms with E-state index in [1.165, 1.54) is 0 Å². The summed E-state index contributed by atoms with van der Waals surface area (Å²) in [4.78, 5) is 10.9. The molecule has 1 aliphatic rings. The van der Waals surface area contributed by atoms with Gasteiger partial charge in [-0.3, -0.25) is 4.79 Å². The number of carbonyl (C=O) groups is 1. The van der Waals surface area contributed by atoms with Crippen molar-refractivity contribution in [3.8, 4) is 0 Å². The number of benzene rings is 1. The van der Waals surface area contributed by atoms with Crippen LogP contribution in [0, 0.1) is 0 Å². The van der Waals surface area contributed by atoms with E-state index >= 15 is 0 Å². The highest BCUT2D eigenvalue weighted by Crippen LogP contribution is 2.23. The summed E-state index contributed by atoms with van der Waals surface area (Å²) in [6, 6.07) is 4.97. The van der Waals surface area contributed by atoms with Gasteiger partial charge in [0.05, 0.1) is 11.3 Å². The van der Waals surface area contributed by atoms with Crippen molar-refractivity contribution in [1.29, 1.82) is 0 Å². The summed E-state index contributed by atoms with van der Waals surface area (Å²) in [7, 11) is 0. The maximum atomic E-state index is 10.9. The van der Waals surface area contributed by atoms with Crippen molar-refractivity contribution in [1.82, 2.24) is 10.9 Å². The lowest BCUT2D eigenvalue weighted by atomic mass is 10.2. The van der Waals surface area contributed by atoms with Crippen LogP contribution in [0.4, 0.5) is 5.69 Å². The number of hydrogen-bond donors (Lipinski definition) is 1. The first-order chi connectivity index (χ1) is 5.27. The minimum atomic E-state index is -0.170. The average molecular weight is 168 g/mol. The van der Waals surface area contributed by atoms with Crippen molar-refractivity contribution in [3.63, 3.8) is 0 Å². The number of halogens is 1. The van der Waals surface area contributed by atoms with Gasteiger partial charge in [0.25, 0.3) is 5.91 Å². The number of fused-ring (bicyclic) bond motifs is 1. The van der Waals surface area contributed by atoms with E-state index < -0.39 is 0 Å². The number of carbonyl (C=O) groups excluding carboxylic acids is 1. The van der Waals surface area contributed by atoms with Crippen molar-refractivity contribution >= 4 is 23.2 Å². The van der Waals surface area contributed by atoms with Gasteiger partial charge in [-0.15, -0.1) is 0 Å². The van der Waals surface area contributed by atoms with E-state index in [2.05, 4.69) is 10.9 Å². The highest BCUT2D eigenvalue weighted by molar-refractivity contribution is 6.31. The van der Waals surface area contributed by atoms with Gasteiger partial charge in [0.15, 0.2) is 0 Å². The number of hydrogen-bond acceptors (Lipinski definition) is 1. The minimum absolute atomic E-state index is 0.170. The average Bonchev–Trinajstić information content (AvgIpc) is 2.32. The third-order valence-electron chi connectivity index (χ3n) is 1.48. The van der Waals surface area contributed by atoms with Crippen molar-refractivity contribution in [2.24, 2.45) is 0 Å². The first-order valence-corrected chi connectivity index (χ1v) is 3.46. The summed E-state index contributed by atoms with van der Waals surface area (Å²) >= 11 is 5.67. The van der Waals surface area contributed by atoms with Gasteiger partial charge in [-0.05, 0) is 18.2 Å². The summed E-state index contributed by atoms with van der Waals surface area (Å²) in [5.41, 5.74) is 7.29. The summed E-state index contributed by atoms with van der Waals surface area (Å²) < 4.78 is 0. The van der Waals surface area contributed by atoms with E-state index in [1.54, 1.807) is 18.2 Å². The molecule has 0 bridgehead atoms. The first kappa shape index (κ1) is 6.49. The Labute approximate surface area is 68.3 Å². The lowest BCUT2D eigenvalue weighted by molar-refractivity contribution is 0.0957. The molecular weight excluding hydrogens is 164 g/mol. The molecule has 1 aliphatic heterocycles. The monoisotopic (exact) mass is 167 g/mol. The Morgan fingerprint density at radius 2 is 2.27 bits per heavy atom. The molecule has 1 aromatic rings. The predicted molar refractivity (Wildman–Crippen MR) is 40.7 cm³/mol. The second kappa shape index (κ2) is 2.13. The van der Waals surface area contributed by atoms with E-state index in [-0.39, 0.29) is 5.91 Å². The van der Waals surface area contributed by atoms with Gasteiger partial charge in [0, 0.05) is 5.02 Å². The standard InChI is InChI=1S/C7H4ClN2O/c8-4-1-2-5-6(3-4)9-10-7(5)11/h1-3H,(H,10,11). The van der Waals surface area contributed by atoms with Gasteiger partial charge >= 0.3 is 0 Å². The molecule has 55 valence electrons. The molecule has 1 heterocycles. The molecule has 1 aromatic carbocycles. The van der Waals surface area contributed by atoms with Gasteiger partial charge in [0.1, 0.15) is 0 Å². The Bertz CT molecular complexity index is 324. The van der Waals surface area contributed by atoms with Crippen LogP contribution in [0.15, 0.2) is 18.2 Å². The molecule has 0 spiro atoms. The molecule has 11 heavy (non-hydrogen) atoms. The fraction of sp³-hybridized carbons (Fsp3) is 0. The van der Waals surface area contributed by atoms with Gasteiger partial charge in [-0.25, -0.2) is 5.43 Å². The van der Waals surface area contributed by atoms with Crippen LogP contribution in [-0.4, -0.2) is 5.91 Å². The van der Waals surface area contributed by atoms with Crippen LogP contribution < -0.4 is 10.9 Å². The molecule has 0 atom stereocenters.